The maximum atomic E-state index is 12.5. The Hall–Kier alpha value is -0.820. The molecule has 1 fully saturated rings. The Balaban J connectivity index is 2.77. The van der Waals surface area contributed by atoms with Gasteiger partial charge >= 0.3 is 6.18 Å². The van der Waals surface area contributed by atoms with E-state index in [1.54, 1.807) is 0 Å². The molecule has 0 bridgehead atoms. The largest absolute Gasteiger partial charge is 0.419 e. The predicted octanol–water partition coefficient (Wildman–Crippen LogP) is 0.249. The average Bonchev–Trinajstić information content (AvgIpc) is 2.45. The molecule has 7 heteroatoms. The number of nitrogens with two attached hydrogens (primary N) is 1. The summed E-state index contributed by atoms with van der Waals surface area (Å²) in [7, 11) is 0. The van der Waals surface area contributed by atoms with E-state index in [1.807, 2.05) is 0 Å². The number of aliphatic hydroxyl groups is 1. The standard InChI is InChI=1S/C9H15F3N2O2/c1-7(2,13)6(15)14-4-3-8(16,5-14)9(10,11)12/h16H,3-5,13H2,1-2H3. The molecular weight excluding hydrogens is 225 g/mol. The molecule has 0 aliphatic carbocycles. The lowest BCUT2D eigenvalue weighted by atomic mass is 10.0. The van der Waals surface area contributed by atoms with Gasteiger partial charge in [-0.2, -0.15) is 13.2 Å². The van der Waals surface area contributed by atoms with Gasteiger partial charge in [0, 0.05) is 13.0 Å². The summed E-state index contributed by atoms with van der Waals surface area (Å²) in [4.78, 5) is 12.6. The molecular formula is C9H15F3N2O2. The van der Waals surface area contributed by atoms with Crippen molar-refractivity contribution < 1.29 is 23.1 Å². The van der Waals surface area contributed by atoms with E-state index < -0.39 is 36.2 Å². The van der Waals surface area contributed by atoms with Crippen LogP contribution in [0.3, 0.4) is 0 Å². The monoisotopic (exact) mass is 240 g/mol. The molecule has 1 amide bonds. The van der Waals surface area contributed by atoms with Gasteiger partial charge in [-0.25, -0.2) is 0 Å². The molecule has 3 N–H and O–H groups in total. The molecule has 1 aliphatic heterocycles. The Kier molecular flexibility index (Phi) is 2.98. The number of nitrogens with zero attached hydrogens (tertiary/aromatic N) is 1. The molecule has 0 saturated carbocycles. The van der Waals surface area contributed by atoms with Crippen molar-refractivity contribution in [3.63, 3.8) is 0 Å². The summed E-state index contributed by atoms with van der Waals surface area (Å²) < 4.78 is 37.4. The van der Waals surface area contributed by atoms with Crippen LogP contribution in [-0.4, -0.2) is 46.3 Å². The third-order valence-corrected chi connectivity index (χ3v) is 2.61. The zero-order valence-corrected chi connectivity index (χ0v) is 9.14. The van der Waals surface area contributed by atoms with Crippen molar-refractivity contribution in [2.45, 2.75) is 37.6 Å². The number of alkyl halides is 3. The second kappa shape index (κ2) is 3.59. The number of halogens is 3. The molecule has 0 spiro atoms. The average molecular weight is 240 g/mol. The van der Waals surface area contributed by atoms with Crippen LogP contribution in [0.2, 0.25) is 0 Å². The number of carbonyl (C=O) groups excluding carboxylic acids is 1. The fourth-order valence-corrected chi connectivity index (χ4v) is 1.61. The van der Waals surface area contributed by atoms with Crippen LogP contribution in [0.5, 0.6) is 0 Å². The molecule has 1 aliphatic rings. The van der Waals surface area contributed by atoms with E-state index in [0.29, 0.717) is 0 Å². The number of hydrogen-bond acceptors (Lipinski definition) is 3. The van der Waals surface area contributed by atoms with E-state index >= 15 is 0 Å². The van der Waals surface area contributed by atoms with E-state index in [-0.39, 0.29) is 6.54 Å². The van der Waals surface area contributed by atoms with Crippen molar-refractivity contribution in [3.8, 4) is 0 Å². The smallest absolute Gasteiger partial charge is 0.379 e. The lowest BCUT2D eigenvalue weighted by Crippen LogP contribution is -2.53. The minimum Gasteiger partial charge on any atom is -0.379 e. The third-order valence-electron chi connectivity index (χ3n) is 2.61. The first kappa shape index (κ1) is 13.2. The number of hydrogen-bond donors (Lipinski definition) is 2. The van der Waals surface area contributed by atoms with Gasteiger partial charge in [0.15, 0.2) is 5.60 Å². The number of amides is 1. The van der Waals surface area contributed by atoms with Gasteiger partial charge in [0.1, 0.15) is 0 Å². The van der Waals surface area contributed by atoms with E-state index in [9.17, 15) is 23.1 Å². The SMILES string of the molecule is CC(C)(N)C(=O)N1CCC(O)(C(F)(F)F)C1. The lowest BCUT2D eigenvalue weighted by Gasteiger charge is -2.28. The summed E-state index contributed by atoms with van der Waals surface area (Å²) >= 11 is 0. The zero-order chi connectivity index (χ0) is 12.8. The molecule has 1 unspecified atom stereocenters. The summed E-state index contributed by atoms with van der Waals surface area (Å²) in [5, 5.41) is 9.35. The molecule has 0 aromatic rings. The van der Waals surface area contributed by atoms with Crippen LogP contribution in [0, 0.1) is 0 Å². The molecule has 0 aromatic heterocycles. The van der Waals surface area contributed by atoms with Gasteiger partial charge in [-0.15, -0.1) is 0 Å². The lowest BCUT2D eigenvalue weighted by molar-refractivity contribution is -0.253. The Morgan fingerprint density at radius 3 is 2.25 bits per heavy atom. The van der Waals surface area contributed by atoms with Crippen LogP contribution in [0.25, 0.3) is 0 Å². The van der Waals surface area contributed by atoms with Crippen molar-refractivity contribution in [2.75, 3.05) is 13.1 Å². The second-order valence-electron chi connectivity index (χ2n) is 4.73. The highest BCUT2D eigenvalue weighted by atomic mass is 19.4. The van der Waals surface area contributed by atoms with E-state index in [1.165, 1.54) is 13.8 Å². The quantitative estimate of drug-likeness (QED) is 0.690. The molecule has 1 rings (SSSR count). The van der Waals surface area contributed by atoms with E-state index in [0.717, 1.165) is 4.90 Å². The first-order valence-corrected chi connectivity index (χ1v) is 4.85. The van der Waals surface area contributed by atoms with Crippen molar-refractivity contribution in [1.29, 1.82) is 0 Å². The Labute approximate surface area is 91.2 Å². The highest BCUT2D eigenvalue weighted by Crippen LogP contribution is 2.37. The maximum absolute atomic E-state index is 12.5. The van der Waals surface area contributed by atoms with Gasteiger partial charge < -0.3 is 15.7 Å². The zero-order valence-electron chi connectivity index (χ0n) is 9.14. The van der Waals surface area contributed by atoms with Gasteiger partial charge in [-0.05, 0) is 13.8 Å². The highest BCUT2D eigenvalue weighted by Gasteiger charge is 2.58. The topological polar surface area (TPSA) is 66.6 Å². The van der Waals surface area contributed by atoms with Gasteiger partial charge in [0.2, 0.25) is 5.91 Å². The van der Waals surface area contributed by atoms with Crippen LogP contribution in [-0.2, 0) is 4.79 Å². The van der Waals surface area contributed by atoms with Gasteiger partial charge in [-0.3, -0.25) is 4.79 Å². The first-order valence-electron chi connectivity index (χ1n) is 4.85. The fraction of sp³-hybridized carbons (Fsp3) is 0.889. The van der Waals surface area contributed by atoms with Crippen LogP contribution >= 0.6 is 0 Å². The molecule has 1 heterocycles. The first-order chi connectivity index (χ1) is 6.97. The summed E-state index contributed by atoms with van der Waals surface area (Å²) in [5.74, 6) is -0.590. The molecule has 1 atom stereocenters. The van der Waals surface area contributed by atoms with Crippen LogP contribution in [0.15, 0.2) is 0 Å². The molecule has 94 valence electrons. The number of carbonyl (C=O) groups is 1. The summed E-state index contributed by atoms with van der Waals surface area (Å²) in [6, 6.07) is 0. The molecule has 1 saturated heterocycles. The number of likely N-dealkylation sites (tertiary alicyclic amines) is 1. The predicted molar refractivity (Wildman–Crippen MR) is 50.5 cm³/mol. The van der Waals surface area contributed by atoms with Gasteiger partial charge in [0.05, 0.1) is 12.1 Å². The number of rotatable bonds is 1. The van der Waals surface area contributed by atoms with E-state index in [2.05, 4.69) is 0 Å². The summed E-state index contributed by atoms with van der Waals surface area (Å²) in [5.41, 5.74) is 1.48. The molecule has 16 heavy (non-hydrogen) atoms. The Morgan fingerprint density at radius 2 is 1.94 bits per heavy atom. The van der Waals surface area contributed by atoms with Crippen LogP contribution in [0.4, 0.5) is 13.2 Å². The normalized spacial score (nSPS) is 27.3. The van der Waals surface area contributed by atoms with Crippen molar-refractivity contribution in [1.82, 2.24) is 4.90 Å². The van der Waals surface area contributed by atoms with E-state index in [4.69, 9.17) is 5.73 Å². The molecule has 0 aromatic carbocycles. The van der Waals surface area contributed by atoms with Crippen molar-refractivity contribution in [3.05, 3.63) is 0 Å². The van der Waals surface area contributed by atoms with Gasteiger partial charge in [-0.1, -0.05) is 0 Å². The minimum absolute atomic E-state index is 0.129. The fourth-order valence-electron chi connectivity index (χ4n) is 1.61. The Bertz CT molecular complexity index is 298. The van der Waals surface area contributed by atoms with Crippen molar-refractivity contribution >= 4 is 5.91 Å². The van der Waals surface area contributed by atoms with Crippen LogP contribution < -0.4 is 5.73 Å². The molecule has 0 radical (unpaired) electrons. The molecule has 4 nitrogen and oxygen atoms in total. The van der Waals surface area contributed by atoms with Crippen molar-refractivity contribution in [2.24, 2.45) is 5.73 Å². The summed E-state index contributed by atoms with van der Waals surface area (Å²) in [6.07, 6.45) is -5.22. The van der Waals surface area contributed by atoms with Crippen LogP contribution in [0.1, 0.15) is 20.3 Å². The number of β-amino-alcohol motifs (C(OH)–C–C–N with tert-alkyl or cyclic N) is 1. The maximum Gasteiger partial charge on any atom is 0.419 e. The third kappa shape index (κ3) is 2.30. The second-order valence-corrected chi connectivity index (χ2v) is 4.73. The minimum atomic E-state index is -4.72. The highest BCUT2D eigenvalue weighted by molar-refractivity contribution is 5.85. The summed E-state index contributed by atoms with van der Waals surface area (Å²) in [6.45, 7) is 1.96. The Morgan fingerprint density at radius 1 is 1.44 bits per heavy atom. The van der Waals surface area contributed by atoms with Gasteiger partial charge in [0.25, 0.3) is 0 Å².